The lowest BCUT2D eigenvalue weighted by Crippen LogP contribution is -2.63. The van der Waals surface area contributed by atoms with Gasteiger partial charge in [-0.05, 0) is 92.3 Å². The van der Waals surface area contributed by atoms with Crippen LogP contribution in [0.1, 0.15) is 86.0 Å². The number of nitrogens with one attached hydrogen (secondary N) is 1. The van der Waals surface area contributed by atoms with E-state index in [-0.39, 0.29) is 16.7 Å². The number of fused-ring (bicyclic) bond motifs is 5. The molecule has 3 aliphatic carbocycles. The molecule has 3 nitrogen and oxygen atoms in total. The van der Waals surface area contributed by atoms with Crippen LogP contribution in [-0.4, -0.2) is 22.7 Å². The zero-order chi connectivity index (χ0) is 18.9. The molecule has 0 aromatic heterocycles. The predicted molar refractivity (Wildman–Crippen MR) is 105 cm³/mol. The molecule has 26 heavy (non-hydrogen) atoms. The molecule has 9 atom stereocenters. The van der Waals surface area contributed by atoms with Crippen molar-refractivity contribution in [2.75, 3.05) is 0 Å². The monoisotopic (exact) mass is 361 g/mol. The van der Waals surface area contributed by atoms with E-state index in [0.717, 1.165) is 37.0 Å². The van der Waals surface area contributed by atoms with E-state index >= 15 is 0 Å². The summed E-state index contributed by atoms with van der Waals surface area (Å²) in [6.45, 7) is 11.6. The lowest BCUT2D eigenvalue weighted by atomic mass is 9.44. The lowest BCUT2D eigenvalue weighted by molar-refractivity contribution is -0.152. The van der Waals surface area contributed by atoms with Gasteiger partial charge < -0.3 is 10.4 Å². The Labute approximate surface area is 159 Å². The molecule has 2 N–H and O–H groups in total. The number of piperidine rings is 1. The van der Waals surface area contributed by atoms with Crippen LogP contribution in [0.3, 0.4) is 0 Å². The Morgan fingerprint density at radius 1 is 1.15 bits per heavy atom. The van der Waals surface area contributed by atoms with Crippen molar-refractivity contribution in [2.24, 2.45) is 40.4 Å². The summed E-state index contributed by atoms with van der Waals surface area (Å²) >= 11 is 0. The number of hydrogen-bond donors (Lipinski definition) is 2. The Morgan fingerprint density at radius 3 is 2.54 bits per heavy atom. The van der Waals surface area contributed by atoms with Gasteiger partial charge in [0, 0.05) is 12.5 Å². The number of carbonyl (C=O) groups is 1. The molecular formula is C23H39NO2. The van der Waals surface area contributed by atoms with E-state index in [4.69, 9.17) is 0 Å². The molecule has 0 bridgehead atoms. The second kappa shape index (κ2) is 5.96. The second-order valence-corrected chi connectivity index (χ2v) is 11.0. The predicted octanol–water partition coefficient (Wildman–Crippen LogP) is 4.53. The van der Waals surface area contributed by atoms with Crippen LogP contribution in [0.5, 0.6) is 0 Å². The van der Waals surface area contributed by atoms with Gasteiger partial charge in [0.25, 0.3) is 0 Å². The number of rotatable bonds is 2. The first-order valence-corrected chi connectivity index (χ1v) is 11.1. The molecule has 148 valence electrons. The third-order valence-corrected chi connectivity index (χ3v) is 9.93. The van der Waals surface area contributed by atoms with Crippen LogP contribution in [0, 0.1) is 40.4 Å². The topological polar surface area (TPSA) is 49.3 Å². The minimum Gasteiger partial charge on any atom is -0.390 e. The molecule has 4 fully saturated rings. The van der Waals surface area contributed by atoms with Crippen LogP contribution in [-0.2, 0) is 4.79 Å². The molecular weight excluding hydrogens is 322 g/mol. The highest BCUT2D eigenvalue weighted by Crippen LogP contribution is 2.68. The fourth-order valence-corrected chi connectivity index (χ4v) is 8.31. The minimum absolute atomic E-state index is 0.263. The highest BCUT2D eigenvalue weighted by molar-refractivity contribution is 5.77. The molecule has 1 saturated heterocycles. The van der Waals surface area contributed by atoms with Crippen LogP contribution in [0.15, 0.2) is 0 Å². The molecule has 0 spiro atoms. The Hall–Kier alpha value is -0.570. The highest BCUT2D eigenvalue weighted by atomic mass is 16.3. The van der Waals surface area contributed by atoms with E-state index in [1.54, 1.807) is 0 Å². The van der Waals surface area contributed by atoms with Crippen molar-refractivity contribution in [1.82, 2.24) is 5.32 Å². The standard InChI is InChI=1S/C23H39NO2/c1-6-23(5,26)17-8-7-15-20-14(2)13-18-22(4,12-10-19(25)24-18)16(20)9-11-21(15,17)3/h14-18,20,26H,6-13H2,1-5H3,(H,24,25)/t14-,15-,16-,17-,18+,20-,21-,22+,23?/m0/s1. The largest absolute Gasteiger partial charge is 0.390 e. The van der Waals surface area contributed by atoms with Crippen molar-refractivity contribution in [3.05, 3.63) is 0 Å². The third kappa shape index (κ3) is 2.45. The molecule has 1 amide bonds. The maximum atomic E-state index is 12.0. The van der Waals surface area contributed by atoms with Crippen molar-refractivity contribution in [3.63, 3.8) is 0 Å². The fraction of sp³-hybridized carbons (Fsp3) is 0.957. The molecule has 4 aliphatic rings. The zero-order valence-corrected chi connectivity index (χ0v) is 17.5. The van der Waals surface area contributed by atoms with Crippen LogP contribution in [0.25, 0.3) is 0 Å². The van der Waals surface area contributed by atoms with Crippen LogP contribution < -0.4 is 5.32 Å². The molecule has 1 unspecified atom stereocenters. The molecule has 0 aromatic carbocycles. The summed E-state index contributed by atoms with van der Waals surface area (Å²) in [5.41, 5.74) is 0.0350. The van der Waals surface area contributed by atoms with Gasteiger partial charge in [0.2, 0.25) is 5.91 Å². The van der Waals surface area contributed by atoms with Crippen molar-refractivity contribution >= 4 is 5.91 Å². The first-order chi connectivity index (χ1) is 12.1. The van der Waals surface area contributed by atoms with Gasteiger partial charge in [-0.15, -0.1) is 0 Å². The quantitative estimate of drug-likeness (QED) is 0.759. The molecule has 1 aliphatic heterocycles. The number of amides is 1. The van der Waals surface area contributed by atoms with E-state index in [0.29, 0.717) is 24.3 Å². The van der Waals surface area contributed by atoms with Crippen molar-refractivity contribution in [1.29, 1.82) is 0 Å². The third-order valence-electron chi connectivity index (χ3n) is 9.93. The van der Waals surface area contributed by atoms with E-state index in [1.807, 2.05) is 0 Å². The van der Waals surface area contributed by atoms with Crippen molar-refractivity contribution in [3.8, 4) is 0 Å². The van der Waals surface area contributed by atoms with Gasteiger partial charge >= 0.3 is 0 Å². The molecule has 3 saturated carbocycles. The minimum atomic E-state index is -0.528. The van der Waals surface area contributed by atoms with E-state index in [9.17, 15) is 9.90 Å². The zero-order valence-electron chi connectivity index (χ0n) is 17.5. The van der Waals surface area contributed by atoms with E-state index in [2.05, 4.69) is 39.9 Å². The lowest BCUT2D eigenvalue weighted by Gasteiger charge is -2.62. The fourth-order valence-electron chi connectivity index (χ4n) is 8.31. The van der Waals surface area contributed by atoms with Gasteiger partial charge in [0.15, 0.2) is 0 Å². The first-order valence-electron chi connectivity index (χ1n) is 11.1. The summed E-state index contributed by atoms with van der Waals surface area (Å²) < 4.78 is 0. The summed E-state index contributed by atoms with van der Waals surface area (Å²) in [5.74, 6) is 3.62. The number of aliphatic hydroxyl groups is 1. The summed E-state index contributed by atoms with van der Waals surface area (Å²) in [4.78, 5) is 12.0. The molecule has 3 heteroatoms. The van der Waals surface area contributed by atoms with Gasteiger partial charge in [0.05, 0.1) is 5.60 Å². The van der Waals surface area contributed by atoms with Gasteiger partial charge in [-0.25, -0.2) is 0 Å². The van der Waals surface area contributed by atoms with Crippen LogP contribution in [0.2, 0.25) is 0 Å². The molecule has 4 rings (SSSR count). The molecule has 0 radical (unpaired) electrons. The Kier molecular flexibility index (Phi) is 4.31. The normalized spacial score (nSPS) is 53.1. The SMILES string of the molecule is CCC(C)(O)[C@H]1CC[C@H]2[C@@H]3[C@@H](C)C[C@H]4NC(=O)CC[C@]4(C)[C@H]3CC[C@]12C. The van der Waals surface area contributed by atoms with Gasteiger partial charge in [-0.3, -0.25) is 4.79 Å². The summed E-state index contributed by atoms with van der Waals surface area (Å²) in [7, 11) is 0. The number of carbonyl (C=O) groups excluding carboxylic acids is 1. The van der Waals surface area contributed by atoms with Crippen LogP contribution >= 0.6 is 0 Å². The average Bonchev–Trinajstić information content (AvgIpc) is 2.94. The highest BCUT2D eigenvalue weighted by Gasteiger charge is 2.63. The second-order valence-electron chi connectivity index (χ2n) is 11.0. The molecule has 0 aromatic rings. The van der Waals surface area contributed by atoms with Crippen molar-refractivity contribution in [2.45, 2.75) is 97.6 Å². The summed E-state index contributed by atoms with van der Waals surface area (Å²) in [6, 6.07) is 0.375. The number of hydrogen-bond acceptors (Lipinski definition) is 2. The summed E-state index contributed by atoms with van der Waals surface area (Å²) in [5, 5.41) is 14.5. The first kappa shape index (κ1) is 18.8. The molecule has 1 heterocycles. The van der Waals surface area contributed by atoms with Gasteiger partial charge in [-0.1, -0.05) is 27.7 Å². The van der Waals surface area contributed by atoms with Gasteiger partial charge in [0.1, 0.15) is 0 Å². The van der Waals surface area contributed by atoms with Crippen molar-refractivity contribution < 1.29 is 9.90 Å². The maximum Gasteiger partial charge on any atom is 0.220 e. The van der Waals surface area contributed by atoms with E-state index in [1.165, 1.54) is 25.7 Å². The van der Waals surface area contributed by atoms with Gasteiger partial charge in [-0.2, -0.15) is 0 Å². The Morgan fingerprint density at radius 2 is 1.85 bits per heavy atom. The van der Waals surface area contributed by atoms with Crippen LogP contribution in [0.4, 0.5) is 0 Å². The maximum absolute atomic E-state index is 12.0. The Balaban J connectivity index is 1.66. The Bertz CT molecular complexity index is 587. The average molecular weight is 362 g/mol. The summed E-state index contributed by atoms with van der Waals surface area (Å²) in [6.07, 6.45) is 8.78. The smallest absolute Gasteiger partial charge is 0.220 e. The van der Waals surface area contributed by atoms with E-state index < -0.39 is 5.60 Å².